The quantitative estimate of drug-likeness (QED) is 0.780. The van der Waals surface area contributed by atoms with Crippen LogP contribution in [0.15, 0.2) is 12.5 Å². The van der Waals surface area contributed by atoms with Crippen LogP contribution in [-0.2, 0) is 22.6 Å². The number of unbranched alkanes of at least 4 members (excludes halogenated alkanes) is 1. The van der Waals surface area contributed by atoms with Crippen molar-refractivity contribution >= 4 is 6.09 Å². The number of hydrogen-bond acceptors (Lipinski definition) is 4. The standard InChI is InChI=1S/C14H25N3O3/c1-14(2,3)20-13(18)16-10-12-9-15-11-17(12)7-5-6-8-19-4/h9,11H,5-8,10H2,1-4H3,(H,16,18). The number of amides is 1. The number of imidazole rings is 1. The number of aromatic nitrogens is 2. The van der Waals surface area contributed by atoms with Gasteiger partial charge in [0.05, 0.1) is 18.6 Å². The summed E-state index contributed by atoms with van der Waals surface area (Å²) in [5.74, 6) is 0. The van der Waals surface area contributed by atoms with Crippen molar-refractivity contribution in [3.63, 3.8) is 0 Å². The van der Waals surface area contributed by atoms with Gasteiger partial charge in [0, 0.05) is 26.5 Å². The van der Waals surface area contributed by atoms with E-state index in [4.69, 9.17) is 9.47 Å². The van der Waals surface area contributed by atoms with Crippen molar-refractivity contribution in [3.8, 4) is 0 Å². The number of nitrogens with zero attached hydrogens (tertiary/aromatic N) is 2. The molecule has 20 heavy (non-hydrogen) atoms. The molecule has 0 spiro atoms. The van der Waals surface area contributed by atoms with Crippen LogP contribution in [0.4, 0.5) is 4.79 Å². The molecule has 0 aliphatic carbocycles. The summed E-state index contributed by atoms with van der Waals surface area (Å²) in [5, 5.41) is 2.74. The third kappa shape index (κ3) is 6.56. The van der Waals surface area contributed by atoms with Crippen molar-refractivity contribution in [1.82, 2.24) is 14.9 Å². The highest BCUT2D eigenvalue weighted by atomic mass is 16.6. The van der Waals surface area contributed by atoms with E-state index in [1.165, 1.54) is 0 Å². The average Bonchev–Trinajstić information content (AvgIpc) is 2.77. The minimum atomic E-state index is -0.482. The lowest BCUT2D eigenvalue weighted by Crippen LogP contribution is -2.32. The molecule has 1 aromatic rings. The van der Waals surface area contributed by atoms with E-state index in [9.17, 15) is 4.79 Å². The van der Waals surface area contributed by atoms with Crippen LogP contribution in [0.3, 0.4) is 0 Å². The van der Waals surface area contributed by atoms with E-state index in [2.05, 4.69) is 10.3 Å². The second-order valence-electron chi connectivity index (χ2n) is 5.63. The van der Waals surface area contributed by atoms with Crippen LogP contribution >= 0.6 is 0 Å². The number of ether oxygens (including phenoxy) is 2. The third-order valence-electron chi connectivity index (χ3n) is 2.61. The van der Waals surface area contributed by atoms with Gasteiger partial charge in [0.2, 0.25) is 0 Å². The van der Waals surface area contributed by atoms with Gasteiger partial charge in [-0.2, -0.15) is 0 Å². The molecule has 6 nitrogen and oxygen atoms in total. The largest absolute Gasteiger partial charge is 0.444 e. The fourth-order valence-electron chi connectivity index (χ4n) is 1.70. The number of carbonyl (C=O) groups excluding carboxylic acids is 1. The fourth-order valence-corrected chi connectivity index (χ4v) is 1.70. The second kappa shape index (κ2) is 7.89. The van der Waals surface area contributed by atoms with Gasteiger partial charge in [0.1, 0.15) is 5.60 Å². The minimum absolute atomic E-state index is 0.412. The normalized spacial score (nSPS) is 11.4. The van der Waals surface area contributed by atoms with Crippen molar-refractivity contribution in [2.24, 2.45) is 0 Å². The predicted molar refractivity (Wildman–Crippen MR) is 76.4 cm³/mol. The third-order valence-corrected chi connectivity index (χ3v) is 2.61. The molecule has 0 atom stereocenters. The van der Waals surface area contributed by atoms with E-state index in [0.717, 1.165) is 31.7 Å². The molecule has 0 unspecified atom stereocenters. The number of nitrogens with one attached hydrogen (secondary N) is 1. The first kappa shape index (κ1) is 16.5. The van der Waals surface area contributed by atoms with Crippen molar-refractivity contribution in [2.75, 3.05) is 13.7 Å². The lowest BCUT2D eigenvalue weighted by molar-refractivity contribution is 0.0522. The van der Waals surface area contributed by atoms with Crippen LogP contribution in [-0.4, -0.2) is 35.0 Å². The molecule has 0 radical (unpaired) electrons. The van der Waals surface area contributed by atoms with Gasteiger partial charge in [-0.1, -0.05) is 0 Å². The molecular formula is C14H25N3O3. The predicted octanol–water partition coefficient (Wildman–Crippen LogP) is 2.33. The first-order chi connectivity index (χ1) is 9.42. The van der Waals surface area contributed by atoms with Gasteiger partial charge in [-0.3, -0.25) is 0 Å². The molecule has 0 saturated carbocycles. The SMILES string of the molecule is COCCCCn1cncc1CNC(=O)OC(C)(C)C. The summed E-state index contributed by atoms with van der Waals surface area (Å²) in [6.07, 6.45) is 5.15. The maximum absolute atomic E-state index is 11.6. The molecule has 1 amide bonds. The van der Waals surface area contributed by atoms with E-state index in [-0.39, 0.29) is 0 Å². The van der Waals surface area contributed by atoms with E-state index in [1.54, 1.807) is 19.6 Å². The highest BCUT2D eigenvalue weighted by molar-refractivity contribution is 5.67. The molecular weight excluding hydrogens is 258 g/mol. The van der Waals surface area contributed by atoms with Crippen LogP contribution in [0.1, 0.15) is 39.3 Å². The lowest BCUT2D eigenvalue weighted by atomic mass is 10.2. The maximum atomic E-state index is 11.6. The Hall–Kier alpha value is -1.56. The van der Waals surface area contributed by atoms with Crippen molar-refractivity contribution in [2.45, 2.75) is 52.3 Å². The van der Waals surface area contributed by atoms with Crippen LogP contribution < -0.4 is 5.32 Å². The van der Waals surface area contributed by atoms with E-state index in [0.29, 0.717) is 6.54 Å². The summed E-state index contributed by atoms with van der Waals surface area (Å²) in [7, 11) is 1.70. The van der Waals surface area contributed by atoms with Crippen LogP contribution in [0.25, 0.3) is 0 Å². The summed E-state index contributed by atoms with van der Waals surface area (Å²) in [6, 6.07) is 0. The number of carbonyl (C=O) groups is 1. The second-order valence-corrected chi connectivity index (χ2v) is 5.63. The zero-order chi connectivity index (χ0) is 15.0. The Bertz CT molecular complexity index is 410. The number of rotatable bonds is 7. The van der Waals surface area contributed by atoms with Gasteiger partial charge in [0.15, 0.2) is 0 Å². The topological polar surface area (TPSA) is 65.4 Å². The molecule has 0 aliphatic rings. The van der Waals surface area contributed by atoms with E-state index < -0.39 is 11.7 Å². The molecule has 0 bridgehead atoms. The number of hydrogen-bond donors (Lipinski definition) is 1. The van der Waals surface area contributed by atoms with Gasteiger partial charge in [-0.15, -0.1) is 0 Å². The molecule has 0 fully saturated rings. The molecule has 1 heterocycles. The monoisotopic (exact) mass is 283 g/mol. The van der Waals surface area contributed by atoms with Crippen LogP contribution in [0.2, 0.25) is 0 Å². The van der Waals surface area contributed by atoms with Gasteiger partial charge >= 0.3 is 6.09 Å². The summed E-state index contributed by atoms with van der Waals surface area (Å²) >= 11 is 0. The molecule has 114 valence electrons. The Labute approximate surface area is 120 Å². The molecule has 1 N–H and O–H groups in total. The fraction of sp³-hybridized carbons (Fsp3) is 0.714. The zero-order valence-corrected chi connectivity index (χ0v) is 12.8. The highest BCUT2D eigenvalue weighted by Gasteiger charge is 2.16. The van der Waals surface area contributed by atoms with E-state index in [1.807, 2.05) is 25.3 Å². The summed E-state index contributed by atoms with van der Waals surface area (Å²) in [6.45, 7) is 7.57. The minimum Gasteiger partial charge on any atom is -0.444 e. The van der Waals surface area contributed by atoms with Gasteiger partial charge in [0.25, 0.3) is 0 Å². The average molecular weight is 283 g/mol. The number of aryl methyl sites for hydroxylation is 1. The molecule has 0 aromatic carbocycles. The Morgan fingerprint density at radius 3 is 2.80 bits per heavy atom. The number of methoxy groups -OCH3 is 1. The van der Waals surface area contributed by atoms with Gasteiger partial charge < -0.3 is 19.4 Å². The Morgan fingerprint density at radius 1 is 1.40 bits per heavy atom. The Kier molecular flexibility index (Phi) is 6.51. The number of alkyl carbamates (subject to hydrolysis) is 1. The highest BCUT2D eigenvalue weighted by Crippen LogP contribution is 2.07. The van der Waals surface area contributed by atoms with Crippen molar-refractivity contribution in [1.29, 1.82) is 0 Å². The Balaban J connectivity index is 2.37. The van der Waals surface area contributed by atoms with Crippen LogP contribution in [0, 0.1) is 0 Å². The first-order valence-electron chi connectivity index (χ1n) is 6.87. The molecule has 1 aromatic heterocycles. The van der Waals surface area contributed by atoms with Crippen molar-refractivity contribution < 1.29 is 14.3 Å². The molecule has 0 saturated heterocycles. The van der Waals surface area contributed by atoms with Crippen molar-refractivity contribution in [3.05, 3.63) is 18.2 Å². The van der Waals surface area contributed by atoms with Gasteiger partial charge in [-0.25, -0.2) is 9.78 Å². The zero-order valence-electron chi connectivity index (χ0n) is 12.8. The van der Waals surface area contributed by atoms with Crippen LogP contribution in [0.5, 0.6) is 0 Å². The summed E-state index contributed by atoms with van der Waals surface area (Å²) < 4.78 is 12.2. The lowest BCUT2D eigenvalue weighted by Gasteiger charge is -2.19. The summed E-state index contributed by atoms with van der Waals surface area (Å²) in [4.78, 5) is 15.7. The maximum Gasteiger partial charge on any atom is 0.407 e. The first-order valence-corrected chi connectivity index (χ1v) is 6.87. The smallest absolute Gasteiger partial charge is 0.407 e. The Morgan fingerprint density at radius 2 is 2.15 bits per heavy atom. The molecule has 0 aliphatic heterocycles. The van der Waals surface area contributed by atoms with Gasteiger partial charge in [-0.05, 0) is 33.6 Å². The molecule has 1 rings (SSSR count). The molecule has 6 heteroatoms. The van der Waals surface area contributed by atoms with E-state index >= 15 is 0 Å². The summed E-state index contributed by atoms with van der Waals surface area (Å²) in [5.41, 5.74) is 0.484.